The first kappa shape index (κ1) is 15.7. The summed E-state index contributed by atoms with van der Waals surface area (Å²) in [6, 6.07) is 3.98. The van der Waals surface area contributed by atoms with Crippen LogP contribution in [0.25, 0.3) is 0 Å². The maximum atomic E-state index is 13.1. The number of aromatic nitrogens is 2. The number of likely N-dealkylation sites (tertiary alicyclic amines) is 1. The molecule has 1 saturated heterocycles. The van der Waals surface area contributed by atoms with Gasteiger partial charge in [-0.25, -0.2) is 4.39 Å². The Balaban J connectivity index is 1.54. The average Bonchev–Trinajstić information content (AvgIpc) is 3.17. The predicted octanol–water partition coefficient (Wildman–Crippen LogP) is 2.57. The van der Waals surface area contributed by atoms with Crippen LogP contribution in [0, 0.1) is 12.7 Å². The number of ether oxygens (including phenoxy) is 1. The van der Waals surface area contributed by atoms with E-state index in [1.54, 1.807) is 11.8 Å². The van der Waals surface area contributed by atoms with Gasteiger partial charge in [-0.15, -0.1) is 0 Å². The number of nitrogens with zero attached hydrogens (tertiary/aromatic N) is 3. The Kier molecular flexibility index (Phi) is 4.47. The number of hydrogen-bond donors (Lipinski definition) is 0. The summed E-state index contributed by atoms with van der Waals surface area (Å²) in [5.41, 5.74) is 0. The number of halogens is 2. The number of carbonyl (C=O) groups is 1. The highest BCUT2D eigenvalue weighted by Gasteiger charge is 2.30. The van der Waals surface area contributed by atoms with Crippen molar-refractivity contribution >= 4 is 17.5 Å². The predicted molar refractivity (Wildman–Crippen MR) is 79.9 cm³/mol. The van der Waals surface area contributed by atoms with E-state index in [0.717, 1.165) is 6.42 Å². The summed E-state index contributed by atoms with van der Waals surface area (Å²) in [6.07, 6.45) is 0.774. The molecule has 0 spiro atoms. The van der Waals surface area contributed by atoms with E-state index in [9.17, 15) is 9.18 Å². The fraction of sp³-hybridized carbons (Fsp3) is 0.400. The largest absolute Gasteiger partial charge is 0.484 e. The zero-order chi connectivity index (χ0) is 16.4. The van der Waals surface area contributed by atoms with E-state index in [-0.39, 0.29) is 23.5 Å². The van der Waals surface area contributed by atoms with E-state index in [0.29, 0.717) is 30.6 Å². The molecule has 1 amide bonds. The molecule has 1 atom stereocenters. The maximum absolute atomic E-state index is 13.1. The Morgan fingerprint density at radius 3 is 3.09 bits per heavy atom. The van der Waals surface area contributed by atoms with Crippen molar-refractivity contribution < 1.29 is 18.4 Å². The van der Waals surface area contributed by atoms with Crippen LogP contribution in [0.3, 0.4) is 0 Å². The molecule has 1 aromatic carbocycles. The first-order valence-electron chi connectivity index (χ1n) is 7.19. The lowest BCUT2D eigenvalue weighted by atomic mass is 10.1. The molecule has 122 valence electrons. The Labute approximate surface area is 137 Å². The van der Waals surface area contributed by atoms with Crippen LogP contribution in [0.2, 0.25) is 5.02 Å². The monoisotopic (exact) mass is 339 g/mol. The van der Waals surface area contributed by atoms with Crippen molar-refractivity contribution in [2.75, 3.05) is 19.7 Å². The molecule has 0 bridgehead atoms. The normalized spacial score (nSPS) is 17.5. The molecule has 0 saturated carbocycles. The van der Waals surface area contributed by atoms with Crippen LogP contribution in [0.4, 0.5) is 4.39 Å². The molecule has 2 aromatic rings. The molecule has 2 heterocycles. The Morgan fingerprint density at radius 1 is 1.57 bits per heavy atom. The van der Waals surface area contributed by atoms with Crippen molar-refractivity contribution in [1.29, 1.82) is 0 Å². The molecule has 1 fully saturated rings. The molecule has 0 N–H and O–H groups in total. The van der Waals surface area contributed by atoms with Crippen molar-refractivity contribution in [2.24, 2.45) is 0 Å². The summed E-state index contributed by atoms with van der Waals surface area (Å²) in [5.74, 6) is 0.880. The van der Waals surface area contributed by atoms with Crippen LogP contribution in [-0.4, -0.2) is 40.6 Å². The van der Waals surface area contributed by atoms with Crippen LogP contribution in [-0.2, 0) is 4.79 Å². The molecule has 8 heteroatoms. The lowest BCUT2D eigenvalue weighted by molar-refractivity contribution is -0.132. The summed E-state index contributed by atoms with van der Waals surface area (Å²) >= 11 is 5.67. The summed E-state index contributed by atoms with van der Waals surface area (Å²) in [6.45, 7) is 2.76. The molecule has 6 nitrogen and oxygen atoms in total. The van der Waals surface area contributed by atoms with Gasteiger partial charge in [0, 0.05) is 19.2 Å². The van der Waals surface area contributed by atoms with Gasteiger partial charge < -0.3 is 14.2 Å². The van der Waals surface area contributed by atoms with E-state index in [4.69, 9.17) is 20.9 Å². The molecule has 0 unspecified atom stereocenters. The smallest absolute Gasteiger partial charge is 0.260 e. The Bertz CT molecular complexity index is 722. The van der Waals surface area contributed by atoms with Gasteiger partial charge in [0.15, 0.2) is 12.4 Å². The van der Waals surface area contributed by atoms with Crippen molar-refractivity contribution in [3.63, 3.8) is 0 Å². The van der Waals surface area contributed by atoms with Crippen LogP contribution in [0.1, 0.15) is 24.1 Å². The van der Waals surface area contributed by atoms with Gasteiger partial charge in [-0.2, -0.15) is 4.98 Å². The minimum Gasteiger partial charge on any atom is -0.484 e. The maximum Gasteiger partial charge on any atom is 0.260 e. The van der Waals surface area contributed by atoms with Crippen molar-refractivity contribution in [2.45, 2.75) is 19.3 Å². The Morgan fingerprint density at radius 2 is 2.39 bits per heavy atom. The number of carbonyl (C=O) groups excluding carboxylic acids is 1. The standard InChI is InChI=1S/C15H15ClFN3O3/c1-9-18-15(23-19-9)10-4-5-20(7-10)14(21)8-22-11-2-3-13(17)12(16)6-11/h2-3,6,10H,4-5,7-8H2,1H3/t10-/m1/s1. The van der Waals surface area contributed by atoms with E-state index in [2.05, 4.69) is 10.1 Å². The first-order chi connectivity index (χ1) is 11.0. The van der Waals surface area contributed by atoms with Crippen LogP contribution >= 0.6 is 11.6 Å². The van der Waals surface area contributed by atoms with Crippen molar-refractivity contribution in [3.8, 4) is 5.75 Å². The quantitative estimate of drug-likeness (QED) is 0.856. The molecular formula is C15H15ClFN3O3. The zero-order valence-corrected chi connectivity index (χ0v) is 13.2. The molecule has 1 aliphatic heterocycles. The number of aryl methyl sites for hydroxylation is 1. The van der Waals surface area contributed by atoms with Crippen LogP contribution in [0.5, 0.6) is 5.75 Å². The van der Waals surface area contributed by atoms with E-state index in [1.807, 2.05) is 0 Å². The van der Waals surface area contributed by atoms with E-state index in [1.165, 1.54) is 18.2 Å². The van der Waals surface area contributed by atoms with Crippen LogP contribution in [0.15, 0.2) is 22.7 Å². The summed E-state index contributed by atoms with van der Waals surface area (Å²) in [7, 11) is 0. The summed E-state index contributed by atoms with van der Waals surface area (Å²) in [5, 5.41) is 3.73. The SMILES string of the molecule is Cc1noc([C@@H]2CCN(C(=O)COc3ccc(F)c(Cl)c3)C2)n1. The van der Waals surface area contributed by atoms with Gasteiger partial charge in [0.25, 0.3) is 5.91 Å². The fourth-order valence-corrected chi connectivity index (χ4v) is 2.64. The highest BCUT2D eigenvalue weighted by molar-refractivity contribution is 6.30. The fourth-order valence-electron chi connectivity index (χ4n) is 2.47. The zero-order valence-electron chi connectivity index (χ0n) is 12.5. The number of hydrogen-bond acceptors (Lipinski definition) is 5. The van der Waals surface area contributed by atoms with Gasteiger partial charge in [-0.05, 0) is 25.5 Å². The van der Waals surface area contributed by atoms with E-state index >= 15 is 0 Å². The molecule has 0 radical (unpaired) electrons. The highest BCUT2D eigenvalue weighted by Crippen LogP contribution is 2.26. The van der Waals surface area contributed by atoms with Crippen molar-refractivity contribution in [3.05, 3.63) is 40.8 Å². The summed E-state index contributed by atoms with van der Waals surface area (Å²) in [4.78, 5) is 18.1. The number of amides is 1. The topological polar surface area (TPSA) is 68.5 Å². The second-order valence-electron chi connectivity index (χ2n) is 5.37. The van der Waals surface area contributed by atoms with Gasteiger partial charge in [-0.1, -0.05) is 16.8 Å². The second kappa shape index (κ2) is 6.54. The Hall–Kier alpha value is -2.15. The molecular weight excluding hydrogens is 325 g/mol. The number of rotatable bonds is 4. The third kappa shape index (κ3) is 3.61. The van der Waals surface area contributed by atoms with Gasteiger partial charge in [0.1, 0.15) is 11.6 Å². The van der Waals surface area contributed by atoms with Crippen molar-refractivity contribution in [1.82, 2.24) is 15.0 Å². The van der Waals surface area contributed by atoms with Crippen LogP contribution < -0.4 is 4.74 Å². The van der Waals surface area contributed by atoms with Gasteiger partial charge in [-0.3, -0.25) is 4.79 Å². The van der Waals surface area contributed by atoms with E-state index < -0.39 is 5.82 Å². The minimum absolute atomic E-state index is 0.0389. The van der Waals surface area contributed by atoms with Gasteiger partial charge in [0.2, 0.25) is 5.89 Å². The highest BCUT2D eigenvalue weighted by atomic mass is 35.5. The lowest BCUT2D eigenvalue weighted by Gasteiger charge is -2.16. The first-order valence-corrected chi connectivity index (χ1v) is 7.56. The third-order valence-electron chi connectivity index (χ3n) is 3.69. The third-order valence-corrected chi connectivity index (χ3v) is 3.98. The summed E-state index contributed by atoms with van der Waals surface area (Å²) < 4.78 is 23.6. The molecule has 1 aromatic heterocycles. The lowest BCUT2D eigenvalue weighted by Crippen LogP contribution is -2.32. The van der Waals surface area contributed by atoms with Gasteiger partial charge >= 0.3 is 0 Å². The molecule has 23 heavy (non-hydrogen) atoms. The number of benzene rings is 1. The average molecular weight is 340 g/mol. The second-order valence-corrected chi connectivity index (χ2v) is 5.78. The molecule has 0 aliphatic carbocycles. The molecule has 1 aliphatic rings. The minimum atomic E-state index is -0.525. The van der Waals surface area contributed by atoms with Gasteiger partial charge in [0.05, 0.1) is 10.9 Å². The molecule has 3 rings (SSSR count).